The van der Waals surface area contributed by atoms with Crippen molar-refractivity contribution in [3.05, 3.63) is 12.4 Å². The maximum atomic E-state index is 9.92. The van der Waals surface area contributed by atoms with Gasteiger partial charge in [-0.15, -0.1) is 8.42 Å². The Labute approximate surface area is 46.6 Å². The molecule has 6 heteroatoms. The van der Waals surface area contributed by atoms with Gasteiger partial charge >= 0.3 is 10.5 Å². The first kappa shape index (κ1) is 5.10. The molecule has 0 saturated heterocycles. The maximum absolute atomic E-state index is 9.92. The van der Waals surface area contributed by atoms with E-state index in [9.17, 15) is 8.42 Å². The maximum Gasteiger partial charge on any atom is 0.405 e. The van der Waals surface area contributed by atoms with Crippen LogP contribution in [0.15, 0.2) is 22.7 Å². The molecule has 0 fully saturated rings. The van der Waals surface area contributed by atoms with E-state index in [2.05, 4.69) is 10.3 Å². The second-order valence-electron chi connectivity index (χ2n) is 1.02. The predicted molar refractivity (Wildman–Crippen MR) is 23.2 cm³/mol. The summed E-state index contributed by atoms with van der Waals surface area (Å²) in [6.45, 7) is 0. The summed E-state index contributed by atoms with van der Waals surface area (Å²) in [5, 5.41) is 6.43. The molecule has 0 unspecified atom stereocenters. The molecule has 0 atom stereocenters. The first-order valence-corrected chi connectivity index (χ1v) is 2.80. The third-order valence-electron chi connectivity index (χ3n) is 0.553. The molecular formula is C2H2N3O2S+. The van der Waals surface area contributed by atoms with E-state index in [0.717, 1.165) is 4.05 Å². The quantitative estimate of drug-likeness (QED) is 0.432. The highest BCUT2D eigenvalue weighted by Gasteiger charge is 2.02. The summed E-state index contributed by atoms with van der Waals surface area (Å²) < 4.78 is 20.6. The van der Waals surface area contributed by atoms with Crippen molar-refractivity contribution >= 4 is 10.5 Å². The van der Waals surface area contributed by atoms with Crippen LogP contribution in [0.25, 0.3) is 0 Å². The molecule has 1 heterocycles. The zero-order valence-corrected chi connectivity index (χ0v) is 4.54. The lowest BCUT2D eigenvalue weighted by molar-refractivity contribution is -0.438. The van der Waals surface area contributed by atoms with Crippen LogP contribution in [-0.4, -0.2) is 12.5 Å². The van der Waals surface area contributed by atoms with Crippen LogP contribution in [0.4, 0.5) is 0 Å². The summed E-state index contributed by atoms with van der Waals surface area (Å²) in [5.41, 5.74) is 0. The highest BCUT2D eigenvalue weighted by atomic mass is 32.2. The van der Waals surface area contributed by atoms with Crippen molar-refractivity contribution in [2.45, 2.75) is 0 Å². The van der Waals surface area contributed by atoms with Crippen molar-refractivity contribution in [3.8, 4) is 0 Å². The molecule has 5 nitrogen and oxygen atoms in total. The molecule has 0 aliphatic carbocycles. The van der Waals surface area contributed by atoms with Crippen molar-refractivity contribution in [3.63, 3.8) is 0 Å². The normalized spacial score (nSPS) is 15.2. The first-order chi connectivity index (χ1) is 3.80. The minimum Gasteiger partial charge on any atom is -0.140 e. The monoisotopic (exact) mass is 132 g/mol. The van der Waals surface area contributed by atoms with Crippen LogP contribution < -0.4 is 0 Å². The predicted octanol–water partition coefficient (Wildman–Crippen LogP) is -0.0864. The van der Waals surface area contributed by atoms with E-state index in [4.69, 9.17) is 0 Å². The molecule has 8 heavy (non-hydrogen) atoms. The molecule has 0 amide bonds. The lowest BCUT2D eigenvalue weighted by Crippen LogP contribution is -1.84. The summed E-state index contributed by atoms with van der Waals surface area (Å²) in [7, 11) is -2.30. The van der Waals surface area contributed by atoms with Crippen LogP contribution >= 0.6 is 0 Å². The minimum absolute atomic E-state index is 0.722. The summed E-state index contributed by atoms with van der Waals surface area (Å²) >= 11 is 0. The highest BCUT2D eigenvalue weighted by molar-refractivity contribution is 7.58. The van der Waals surface area contributed by atoms with Crippen molar-refractivity contribution in [2.75, 3.05) is 0 Å². The second-order valence-corrected chi connectivity index (χ2v) is 1.83. The fraction of sp³-hybridized carbons (Fsp3) is 0. The largest absolute Gasteiger partial charge is 0.405 e. The van der Waals surface area contributed by atoms with E-state index in [1.165, 1.54) is 12.4 Å². The van der Waals surface area contributed by atoms with Gasteiger partial charge in [-0.25, -0.2) is 0 Å². The number of hydrogen-bond donors (Lipinski definition) is 0. The molecule has 1 aliphatic heterocycles. The van der Waals surface area contributed by atoms with Gasteiger partial charge in [-0.3, -0.25) is 0 Å². The van der Waals surface area contributed by atoms with Gasteiger partial charge in [0, 0.05) is 4.05 Å². The van der Waals surface area contributed by atoms with Crippen LogP contribution in [0.1, 0.15) is 0 Å². The van der Waals surface area contributed by atoms with Gasteiger partial charge in [-0.2, -0.15) is 0 Å². The van der Waals surface area contributed by atoms with Gasteiger partial charge < -0.3 is 0 Å². The molecule has 0 spiro atoms. The molecule has 0 bridgehead atoms. The lowest BCUT2D eigenvalue weighted by atomic mass is 11.0. The fourth-order valence-electron chi connectivity index (χ4n) is 0.277. The van der Waals surface area contributed by atoms with Gasteiger partial charge in [0.05, 0.1) is 5.11 Å². The molecule has 0 saturated carbocycles. The van der Waals surface area contributed by atoms with Crippen LogP contribution in [0.2, 0.25) is 0 Å². The summed E-state index contributed by atoms with van der Waals surface area (Å²) in [4.78, 5) is 0. The van der Waals surface area contributed by atoms with Crippen molar-refractivity contribution < 1.29 is 12.5 Å². The molecule has 0 aromatic carbocycles. The molecule has 1 rings (SSSR count). The van der Waals surface area contributed by atoms with Gasteiger partial charge in [-0.1, -0.05) is 0 Å². The molecule has 42 valence electrons. The molecule has 0 N–H and O–H groups in total. The Morgan fingerprint density at radius 2 is 2.25 bits per heavy atom. The number of rotatable bonds is 0. The van der Waals surface area contributed by atoms with E-state index in [1.807, 2.05) is 0 Å². The van der Waals surface area contributed by atoms with E-state index in [0.29, 0.717) is 0 Å². The SMILES string of the molecule is O=S(=O)=[N+]1C=CN=N1. The summed E-state index contributed by atoms with van der Waals surface area (Å²) in [6.07, 6.45) is 2.53. The topological polar surface area (TPSA) is 61.9 Å². The van der Waals surface area contributed by atoms with Crippen molar-refractivity contribution in [1.82, 2.24) is 0 Å². The van der Waals surface area contributed by atoms with Crippen LogP contribution in [0, 0.1) is 0 Å². The van der Waals surface area contributed by atoms with Crippen molar-refractivity contribution in [2.24, 2.45) is 10.3 Å². The Hall–Kier alpha value is -1.04. The van der Waals surface area contributed by atoms with Crippen LogP contribution in [-0.2, 0) is 10.5 Å². The zero-order valence-electron chi connectivity index (χ0n) is 3.72. The van der Waals surface area contributed by atoms with Crippen LogP contribution in [0.3, 0.4) is 0 Å². The van der Waals surface area contributed by atoms with Gasteiger partial charge in [-0.05, 0) is 0 Å². The average Bonchev–Trinajstić information content (AvgIpc) is 2.12. The van der Waals surface area contributed by atoms with Gasteiger partial charge in [0.2, 0.25) is 6.20 Å². The molecular weight excluding hydrogens is 130 g/mol. The molecule has 0 aromatic rings. The van der Waals surface area contributed by atoms with Gasteiger partial charge in [0.25, 0.3) is 0 Å². The first-order valence-electron chi connectivity index (χ1n) is 1.77. The van der Waals surface area contributed by atoms with Crippen molar-refractivity contribution in [1.29, 1.82) is 0 Å². The smallest absolute Gasteiger partial charge is 0.140 e. The molecule has 0 aromatic heterocycles. The Bertz CT molecular complexity index is 250. The van der Waals surface area contributed by atoms with E-state index >= 15 is 0 Å². The standard InChI is InChI=1S/C2H2N3O2S/c6-8(7)5-2-1-3-4-5/h1-2H/q+1. The van der Waals surface area contributed by atoms with Crippen LogP contribution in [0.5, 0.6) is 0 Å². The Kier molecular flexibility index (Phi) is 1.17. The summed E-state index contributed by atoms with van der Waals surface area (Å²) in [6, 6.07) is 0. The van der Waals surface area contributed by atoms with Gasteiger partial charge in [0.15, 0.2) is 11.4 Å². The second kappa shape index (κ2) is 1.83. The Balaban J connectivity index is 3.29. The third-order valence-corrected chi connectivity index (χ3v) is 1.05. The van der Waals surface area contributed by atoms with E-state index in [-0.39, 0.29) is 0 Å². The third kappa shape index (κ3) is 0.784. The highest BCUT2D eigenvalue weighted by Crippen LogP contribution is 1.91. The van der Waals surface area contributed by atoms with E-state index in [1.54, 1.807) is 0 Å². The van der Waals surface area contributed by atoms with E-state index < -0.39 is 10.5 Å². The zero-order chi connectivity index (χ0) is 5.98. The molecule has 1 aliphatic rings. The van der Waals surface area contributed by atoms with Gasteiger partial charge in [0.1, 0.15) is 0 Å². The number of nitrogens with zero attached hydrogens (tertiary/aromatic N) is 3. The Morgan fingerprint density at radius 1 is 1.50 bits per heavy atom. The lowest BCUT2D eigenvalue weighted by Gasteiger charge is -1.61. The summed E-state index contributed by atoms with van der Waals surface area (Å²) in [5.74, 6) is 0. The fourth-order valence-corrected chi connectivity index (χ4v) is 0.532. The minimum atomic E-state index is -2.30. The average molecular weight is 132 g/mol. The molecule has 0 radical (unpaired) electrons. The Morgan fingerprint density at radius 3 is 2.50 bits per heavy atom. The number of hydrogen-bond acceptors (Lipinski definition) is 3.